The highest BCUT2D eigenvalue weighted by Gasteiger charge is 2.32. The first kappa shape index (κ1) is 13.7. The van der Waals surface area contributed by atoms with Crippen LogP contribution in [0.2, 0.25) is 0 Å². The summed E-state index contributed by atoms with van der Waals surface area (Å²) in [5, 5.41) is 1.26. The average molecular weight is 288 g/mol. The quantitative estimate of drug-likeness (QED) is 0.932. The number of aromatic nitrogens is 1. The molecule has 3 unspecified atom stereocenters. The lowest BCUT2D eigenvalue weighted by Crippen LogP contribution is -2.31. The van der Waals surface area contributed by atoms with Crippen molar-refractivity contribution >= 4 is 11.8 Å². The summed E-state index contributed by atoms with van der Waals surface area (Å²) in [5.74, 6) is 1.19. The van der Waals surface area contributed by atoms with Crippen LogP contribution in [0.3, 0.4) is 0 Å². The minimum absolute atomic E-state index is 0.498. The van der Waals surface area contributed by atoms with E-state index in [4.69, 9.17) is 10.2 Å². The van der Waals surface area contributed by atoms with Gasteiger partial charge in [0.05, 0.1) is 6.20 Å². The third-order valence-corrected chi connectivity index (χ3v) is 5.45. The highest BCUT2D eigenvalue weighted by atomic mass is 32.2. The Hall–Kier alpha value is -1.26. The van der Waals surface area contributed by atoms with E-state index in [-0.39, 0.29) is 0 Å². The summed E-state index contributed by atoms with van der Waals surface area (Å²) in [4.78, 5) is 4.23. The van der Waals surface area contributed by atoms with Gasteiger partial charge >= 0.3 is 0 Å². The maximum Gasteiger partial charge on any atom is 0.255 e. The van der Waals surface area contributed by atoms with Crippen molar-refractivity contribution in [3.8, 4) is 0 Å². The van der Waals surface area contributed by atoms with Crippen LogP contribution in [0.1, 0.15) is 30.7 Å². The van der Waals surface area contributed by atoms with E-state index < -0.39 is 0 Å². The summed E-state index contributed by atoms with van der Waals surface area (Å²) in [5.41, 5.74) is 7.39. The first-order chi connectivity index (χ1) is 9.86. The van der Waals surface area contributed by atoms with Crippen LogP contribution in [0.4, 0.5) is 0 Å². The molecule has 0 radical (unpaired) electrons. The van der Waals surface area contributed by atoms with Crippen molar-refractivity contribution in [3.05, 3.63) is 48.4 Å². The van der Waals surface area contributed by atoms with Crippen LogP contribution in [0.5, 0.6) is 0 Å². The Balaban J connectivity index is 1.72. The number of oxazole rings is 1. The highest BCUT2D eigenvalue weighted by molar-refractivity contribution is 7.99. The molecular formula is C16H20N2OS. The van der Waals surface area contributed by atoms with E-state index in [9.17, 15) is 0 Å². The summed E-state index contributed by atoms with van der Waals surface area (Å²) < 4.78 is 5.38. The van der Waals surface area contributed by atoms with Crippen LogP contribution in [0, 0.1) is 5.92 Å². The molecule has 0 saturated heterocycles. The van der Waals surface area contributed by atoms with E-state index in [2.05, 4.69) is 35.3 Å². The van der Waals surface area contributed by atoms with E-state index in [1.54, 1.807) is 24.2 Å². The number of hydrogen-bond donors (Lipinski definition) is 1. The molecule has 3 nitrogen and oxygen atoms in total. The maximum absolute atomic E-state index is 5.94. The van der Waals surface area contributed by atoms with Crippen molar-refractivity contribution < 1.29 is 4.42 Å². The monoisotopic (exact) mass is 288 g/mol. The van der Waals surface area contributed by atoms with Gasteiger partial charge in [-0.25, -0.2) is 4.98 Å². The molecule has 1 aliphatic rings. The maximum atomic E-state index is 5.94. The fourth-order valence-corrected chi connectivity index (χ4v) is 4.29. The van der Waals surface area contributed by atoms with Gasteiger partial charge in [0, 0.05) is 5.25 Å². The molecule has 20 heavy (non-hydrogen) atoms. The van der Waals surface area contributed by atoms with Gasteiger partial charge in [0.15, 0.2) is 0 Å². The molecule has 106 valence electrons. The molecule has 1 heterocycles. The minimum Gasteiger partial charge on any atom is -0.440 e. The smallest absolute Gasteiger partial charge is 0.255 e. The average Bonchev–Trinajstić information content (AvgIpc) is 3.01. The SMILES string of the molecule is NCC1CCC(c2ccccc2)CC1Sc1ncco1. The van der Waals surface area contributed by atoms with Gasteiger partial charge in [0.2, 0.25) is 0 Å². The molecule has 0 amide bonds. The molecule has 0 aliphatic heterocycles. The molecule has 3 atom stereocenters. The van der Waals surface area contributed by atoms with Crippen LogP contribution >= 0.6 is 11.8 Å². The lowest BCUT2D eigenvalue weighted by Gasteiger charge is -2.34. The molecule has 4 heteroatoms. The topological polar surface area (TPSA) is 52.0 Å². The molecule has 2 N–H and O–H groups in total. The van der Waals surface area contributed by atoms with E-state index in [0.29, 0.717) is 17.1 Å². The molecule has 1 aromatic carbocycles. The lowest BCUT2D eigenvalue weighted by atomic mass is 9.78. The van der Waals surface area contributed by atoms with Gasteiger partial charge in [-0.2, -0.15) is 0 Å². The van der Waals surface area contributed by atoms with Gasteiger partial charge in [0.25, 0.3) is 5.22 Å². The summed E-state index contributed by atoms with van der Waals surface area (Å²) in [6, 6.07) is 10.8. The number of nitrogens with zero attached hydrogens (tertiary/aromatic N) is 1. The Morgan fingerprint density at radius 3 is 2.80 bits per heavy atom. The molecule has 1 aromatic heterocycles. The highest BCUT2D eigenvalue weighted by Crippen LogP contribution is 2.42. The largest absolute Gasteiger partial charge is 0.440 e. The zero-order chi connectivity index (χ0) is 13.8. The molecule has 2 aromatic rings. The Labute approximate surface area is 124 Å². The summed E-state index contributed by atoms with van der Waals surface area (Å²) in [6.45, 7) is 0.750. The van der Waals surface area contributed by atoms with Crippen molar-refractivity contribution in [3.63, 3.8) is 0 Å². The molecule has 1 saturated carbocycles. The Kier molecular flexibility index (Phi) is 4.43. The molecular weight excluding hydrogens is 268 g/mol. The van der Waals surface area contributed by atoms with E-state index >= 15 is 0 Å². The molecule has 1 fully saturated rings. The summed E-state index contributed by atoms with van der Waals surface area (Å²) in [7, 11) is 0. The van der Waals surface area contributed by atoms with Gasteiger partial charge in [-0.3, -0.25) is 0 Å². The second-order valence-corrected chi connectivity index (χ2v) is 6.56. The van der Waals surface area contributed by atoms with Crippen molar-refractivity contribution in [2.24, 2.45) is 11.7 Å². The van der Waals surface area contributed by atoms with Gasteiger partial charge in [-0.1, -0.05) is 42.1 Å². The van der Waals surface area contributed by atoms with E-state index in [1.807, 2.05) is 0 Å². The Morgan fingerprint density at radius 1 is 1.25 bits per heavy atom. The van der Waals surface area contributed by atoms with Crippen molar-refractivity contribution in [2.75, 3.05) is 6.54 Å². The normalized spacial score (nSPS) is 26.6. The van der Waals surface area contributed by atoms with Crippen LogP contribution in [0.15, 0.2) is 52.4 Å². The Morgan fingerprint density at radius 2 is 2.10 bits per heavy atom. The van der Waals surface area contributed by atoms with Gasteiger partial charge in [-0.15, -0.1) is 0 Å². The Bertz CT molecular complexity index is 515. The predicted molar refractivity (Wildman–Crippen MR) is 81.7 cm³/mol. The zero-order valence-electron chi connectivity index (χ0n) is 11.4. The van der Waals surface area contributed by atoms with E-state index in [0.717, 1.165) is 18.2 Å². The molecule has 0 spiro atoms. The fraction of sp³-hybridized carbons (Fsp3) is 0.438. The molecule has 1 aliphatic carbocycles. The van der Waals surface area contributed by atoms with Gasteiger partial charge < -0.3 is 10.2 Å². The minimum atomic E-state index is 0.498. The van der Waals surface area contributed by atoms with Crippen molar-refractivity contribution in [2.45, 2.75) is 35.7 Å². The number of nitrogens with two attached hydrogens (primary N) is 1. The summed E-state index contributed by atoms with van der Waals surface area (Å²) >= 11 is 1.74. The second kappa shape index (κ2) is 6.46. The first-order valence-electron chi connectivity index (χ1n) is 7.18. The standard InChI is InChI=1S/C16H20N2OS/c17-11-14-7-6-13(12-4-2-1-3-5-12)10-15(14)20-16-18-8-9-19-16/h1-5,8-9,13-15H,6-7,10-11,17H2. The first-order valence-corrected chi connectivity index (χ1v) is 8.06. The third-order valence-electron chi connectivity index (χ3n) is 4.16. The summed E-state index contributed by atoms with van der Waals surface area (Å²) in [6.07, 6.45) is 6.91. The van der Waals surface area contributed by atoms with Crippen LogP contribution in [-0.4, -0.2) is 16.8 Å². The van der Waals surface area contributed by atoms with E-state index in [1.165, 1.54) is 18.4 Å². The van der Waals surface area contributed by atoms with Crippen LogP contribution < -0.4 is 5.73 Å². The second-order valence-electron chi connectivity index (χ2n) is 5.37. The lowest BCUT2D eigenvalue weighted by molar-refractivity contribution is 0.341. The van der Waals surface area contributed by atoms with Crippen LogP contribution in [-0.2, 0) is 0 Å². The fourth-order valence-electron chi connectivity index (χ4n) is 3.03. The third kappa shape index (κ3) is 3.07. The van der Waals surface area contributed by atoms with Crippen LogP contribution in [0.25, 0.3) is 0 Å². The zero-order valence-corrected chi connectivity index (χ0v) is 12.3. The molecule has 3 rings (SSSR count). The van der Waals surface area contributed by atoms with Gasteiger partial charge in [0.1, 0.15) is 6.26 Å². The number of benzene rings is 1. The van der Waals surface area contributed by atoms with Gasteiger partial charge in [-0.05, 0) is 43.2 Å². The number of thioether (sulfide) groups is 1. The molecule has 0 bridgehead atoms. The predicted octanol–water partition coefficient (Wildman–Crippen LogP) is 3.68. The number of hydrogen-bond acceptors (Lipinski definition) is 4. The number of rotatable bonds is 4. The van der Waals surface area contributed by atoms with Crippen molar-refractivity contribution in [1.82, 2.24) is 4.98 Å². The van der Waals surface area contributed by atoms with Crippen molar-refractivity contribution in [1.29, 1.82) is 0 Å².